The third kappa shape index (κ3) is 2.02. The molecule has 1 aromatic rings. The van der Waals surface area contributed by atoms with Gasteiger partial charge in [-0.2, -0.15) is 0 Å². The molecule has 1 aromatic carbocycles. The molecule has 0 aliphatic heterocycles. The van der Waals surface area contributed by atoms with Crippen LogP contribution in [0.4, 0.5) is 4.39 Å². The average Bonchev–Trinajstić information content (AvgIpc) is 2.71. The second kappa shape index (κ2) is 4.46. The number of nitrogens with two attached hydrogens (primary N) is 1. The van der Waals surface area contributed by atoms with E-state index in [2.05, 4.69) is 15.9 Å². The molecule has 0 radical (unpaired) electrons. The van der Waals surface area contributed by atoms with E-state index < -0.39 is 17.1 Å². The molecule has 1 fully saturated rings. The number of benzene rings is 1. The van der Waals surface area contributed by atoms with Gasteiger partial charge in [0.25, 0.3) is 0 Å². The zero-order valence-electron chi connectivity index (χ0n) is 9.59. The normalized spacial score (nSPS) is 18.4. The van der Waals surface area contributed by atoms with Gasteiger partial charge in [-0.15, -0.1) is 0 Å². The largest absolute Gasteiger partial charge is 0.502 e. The molecule has 0 spiro atoms. The summed E-state index contributed by atoms with van der Waals surface area (Å²) in [5.41, 5.74) is 5.89. The Balaban J connectivity index is 2.58. The molecular weight excluding hydrogens is 289 g/mol. The van der Waals surface area contributed by atoms with Gasteiger partial charge in [-0.1, -0.05) is 28.8 Å². The highest BCUT2D eigenvalue weighted by Crippen LogP contribution is 2.45. The van der Waals surface area contributed by atoms with E-state index in [1.165, 1.54) is 7.11 Å². The predicted octanol–water partition coefficient (Wildman–Crippen LogP) is 3.03. The highest BCUT2D eigenvalue weighted by molar-refractivity contribution is 9.10. The van der Waals surface area contributed by atoms with Crippen molar-refractivity contribution < 1.29 is 14.2 Å². The molecule has 3 nitrogen and oxygen atoms in total. The summed E-state index contributed by atoms with van der Waals surface area (Å²) >= 11 is 3.31. The topological polar surface area (TPSA) is 55.5 Å². The van der Waals surface area contributed by atoms with Crippen molar-refractivity contribution >= 4 is 15.9 Å². The molecule has 0 atom stereocenters. The van der Waals surface area contributed by atoms with Gasteiger partial charge in [-0.05, 0) is 18.9 Å². The maximum absolute atomic E-state index is 14.2. The molecule has 0 unspecified atom stereocenters. The Kier molecular flexibility index (Phi) is 3.32. The number of ether oxygens (including phenoxy) is 1. The van der Waals surface area contributed by atoms with E-state index in [9.17, 15) is 9.50 Å². The first-order chi connectivity index (χ1) is 7.99. The van der Waals surface area contributed by atoms with Crippen LogP contribution in [0.2, 0.25) is 0 Å². The molecule has 0 bridgehead atoms. The number of hydrogen-bond donors (Lipinski definition) is 2. The molecule has 0 heterocycles. The summed E-state index contributed by atoms with van der Waals surface area (Å²) in [7, 11) is 1.38. The lowest BCUT2D eigenvalue weighted by Crippen LogP contribution is -2.34. The Morgan fingerprint density at radius 2 is 2.06 bits per heavy atom. The number of rotatable bonds is 2. The lowest BCUT2D eigenvalue weighted by atomic mass is 9.88. The first-order valence-electron chi connectivity index (χ1n) is 5.54. The molecule has 3 N–H and O–H groups in total. The quantitative estimate of drug-likeness (QED) is 0.883. The number of phenols is 1. The van der Waals surface area contributed by atoms with Crippen molar-refractivity contribution in [2.45, 2.75) is 31.2 Å². The van der Waals surface area contributed by atoms with Crippen LogP contribution in [0.25, 0.3) is 0 Å². The summed E-state index contributed by atoms with van der Waals surface area (Å²) in [6, 6.07) is 1.56. The van der Waals surface area contributed by atoms with E-state index in [0.717, 1.165) is 25.7 Å². The minimum Gasteiger partial charge on any atom is -0.502 e. The van der Waals surface area contributed by atoms with Gasteiger partial charge in [0.05, 0.1) is 7.11 Å². The van der Waals surface area contributed by atoms with Crippen molar-refractivity contribution in [3.63, 3.8) is 0 Å². The smallest absolute Gasteiger partial charge is 0.194 e. The van der Waals surface area contributed by atoms with Crippen molar-refractivity contribution in [1.82, 2.24) is 0 Å². The van der Waals surface area contributed by atoms with Gasteiger partial charge in [0.1, 0.15) is 0 Å². The Morgan fingerprint density at radius 1 is 1.47 bits per heavy atom. The third-order valence-corrected chi connectivity index (χ3v) is 4.00. The fraction of sp³-hybridized carbons (Fsp3) is 0.500. The summed E-state index contributed by atoms with van der Waals surface area (Å²) in [6.45, 7) is 0. The van der Waals surface area contributed by atoms with E-state index in [-0.39, 0.29) is 5.75 Å². The standard InChI is InChI=1S/C12H15BrFNO2/c1-17-8-6-7(13)9(10(14)11(8)16)12(15)4-2-3-5-12/h6,16H,2-5,15H2,1H3. The SMILES string of the molecule is COc1cc(Br)c(C2(N)CCCC2)c(F)c1O. The van der Waals surface area contributed by atoms with Crippen LogP contribution < -0.4 is 10.5 Å². The van der Waals surface area contributed by atoms with Crippen LogP contribution in [0.3, 0.4) is 0 Å². The van der Waals surface area contributed by atoms with Crippen LogP contribution >= 0.6 is 15.9 Å². The molecule has 94 valence electrons. The number of methoxy groups -OCH3 is 1. The molecule has 0 saturated heterocycles. The first kappa shape index (κ1) is 12.6. The maximum Gasteiger partial charge on any atom is 0.194 e. The van der Waals surface area contributed by atoms with Crippen molar-refractivity contribution in [3.05, 3.63) is 21.9 Å². The summed E-state index contributed by atoms with van der Waals surface area (Å²) in [5.74, 6) is -1.04. The van der Waals surface area contributed by atoms with Gasteiger partial charge < -0.3 is 15.6 Å². The van der Waals surface area contributed by atoms with Crippen molar-refractivity contribution in [2.24, 2.45) is 5.73 Å². The van der Waals surface area contributed by atoms with Crippen molar-refractivity contribution in [3.8, 4) is 11.5 Å². The van der Waals surface area contributed by atoms with Gasteiger partial charge >= 0.3 is 0 Å². The maximum atomic E-state index is 14.2. The Bertz CT molecular complexity index is 445. The fourth-order valence-corrected chi connectivity index (χ4v) is 3.23. The van der Waals surface area contributed by atoms with Gasteiger partial charge in [0.15, 0.2) is 17.3 Å². The Labute approximate surface area is 108 Å². The lowest BCUT2D eigenvalue weighted by molar-refractivity contribution is 0.345. The van der Waals surface area contributed by atoms with Crippen LogP contribution in [-0.2, 0) is 5.54 Å². The second-order valence-corrected chi connectivity index (χ2v) is 5.32. The van der Waals surface area contributed by atoms with Crippen LogP contribution in [0.15, 0.2) is 10.5 Å². The minimum absolute atomic E-state index is 0.111. The van der Waals surface area contributed by atoms with Crippen LogP contribution in [0, 0.1) is 5.82 Å². The summed E-state index contributed by atoms with van der Waals surface area (Å²) in [5, 5.41) is 9.70. The predicted molar refractivity (Wildman–Crippen MR) is 66.7 cm³/mol. The second-order valence-electron chi connectivity index (χ2n) is 4.46. The molecule has 1 aliphatic rings. The average molecular weight is 304 g/mol. The molecule has 5 heteroatoms. The minimum atomic E-state index is -0.688. The Morgan fingerprint density at radius 3 is 2.59 bits per heavy atom. The summed E-state index contributed by atoms with van der Waals surface area (Å²) in [4.78, 5) is 0. The Hall–Kier alpha value is -0.810. The van der Waals surface area contributed by atoms with E-state index in [0.29, 0.717) is 10.0 Å². The van der Waals surface area contributed by atoms with Gasteiger partial charge in [0, 0.05) is 15.6 Å². The number of phenolic OH excluding ortho intramolecular Hbond substituents is 1. The zero-order valence-corrected chi connectivity index (χ0v) is 11.2. The monoisotopic (exact) mass is 303 g/mol. The van der Waals surface area contributed by atoms with E-state index in [1.54, 1.807) is 6.07 Å². The molecule has 0 amide bonds. The number of hydrogen-bond acceptors (Lipinski definition) is 3. The van der Waals surface area contributed by atoms with E-state index in [1.807, 2.05) is 0 Å². The van der Waals surface area contributed by atoms with Crippen LogP contribution in [0.1, 0.15) is 31.2 Å². The molecule has 1 aliphatic carbocycles. The summed E-state index contributed by atoms with van der Waals surface area (Å²) < 4.78 is 19.6. The lowest BCUT2D eigenvalue weighted by Gasteiger charge is -2.26. The van der Waals surface area contributed by atoms with E-state index in [4.69, 9.17) is 10.5 Å². The molecule has 0 aromatic heterocycles. The van der Waals surface area contributed by atoms with Crippen LogP contribution in [0.5, 0.6) is 11.5 Å². The van der Waals surface area contributed by atoms with Crippen molar-refractivity contribution in [2.75, 3.05) is 7.11 Å². The molecule has 17 heavy (non-hydrogen) atoms. The molecular formula is C12H15BrFNO2. The molecule has 2 rings (SSSR count). The van der Waals surface area contributed by atoms with E-state index >= 15 is 0 Å². The highest BCUT2D eigenvalue weighted by Gasteiger charge is 2.37. The fourth-order valence-electron chi connectivity index (χ4n) is 2.45. The highest BCUT2D eigenvalue weighted by atomic mass is 79.9. The molecule has 1 saturated carbocycles. The number of aromatic hydroxyl groups is 1. The van der Waals surface area contributed by atoms with Gasteiger partial charge in [-0.25, -0.2) is 4.39 Å². The zero-order chi connectivity index (χ0) is 12.6. The first-order valence-corrected chi connectivity index (χ1v) is 6.33. The van der Waals surface area contributed by atoms with Crippen molar-refractivity contribution in [1.29, 1.82) is 0 Å². The van der Waals surface area contributed by atoms with Crippen LogP contribution in [-0.4, -0.2) is 12.2 Å². The number of halogens is 2. The van der Waals surface area contributed by atoms with Gasteiger partial charge in [-0.3, -0.25) is 0 Å². The van der Waals surface area contributed by atoms with Gasteiger partial charge in [0.2, 0.25) is 0 Å². The third-order valence-electron chi connectivity index (χ3n) is 3.37. The summed E-state index contributed by atoms with van der Waals surface area (Å²) in [6.07, 6.45) is 3.42.